The van der Waals surface area contributed by atoms with E-state index in [0.717, 1.165) is 4.90 Å². The summed E-state index contributed by atoms with van der Waals surface area (Å²) in [7, 11) is 0. The van der Waals surface area contributed by atoms with Crippen LogP contribution in [-0.2, 0) is 0 Å². The Labute approximate surface area is 135 Å². The van der Waals surface area contributed by atoms with Gasteiger partial charge in [0.2, 0.25) is 0 Å². The number of aromatic nitrogens is 2. The van der Waals surface area contributed by atoms with Gasteiger partial charge in [-0.15, -0.1) is 22.0 Å². The fraction of sp³-hybridized carbons (Fsp3) is 0.0667. The summed E-state index contributed by atoms with van der Waals surface area (Å²) in [6.45, 7) is 0. The van der Waals surface area contributed by atoms with Gasteiger partial charge in [-0.05, 0) is 36.6 Å². The van der Waals surface area contributed by atoms with Gasteiger partial charge in [0, 0.05) is 11.1 Å². The summed E-state index contributed by atoms with van der Waals surface area (Å²) in [5.74, 6) is -1.31. The Morgan fingerprint density at radius 1 is 1.26 bits per heavy atom. The van der Waals surface area contributed by atoms with Gasteiger partial charge in [0.25, 0.3) is 0 Å². The molecule has 3 aromatic rings. The molecule has 0 saturated carbocycles. The zero-order chi connectivity index (χ0) is 16.4. The first-order chi connectivity index (χ1) is 11.1. The van der Waals surface area contributed by atoms with Gasteiger partial charge in [0.1, 0.15) is 0 Å². The minimum atomic E-state index is -1.24. The number of pyridine rings is 1. The van der Waals surface area contributed by atoms with Crippen LogP contribution < -0.4 is 0 Å². The van der Waals surface area contributed by atoms with Gasteiger partial charge in [-0.25, -0.2) is 9.78 Å². The number of azo groups is 1. The number of rotatable bonds is 4. The number of aromatic carboxylic acids is 1. The maximum Gasteiger partial charge on any atom is 0.358 e. The summed E-state index contributed by atoms with van der Waals surface area (Å²) in [6.07, 6.45) is 3.52. The third kappa shape index (κ3) is 2.88. The van der Waals surface area contributed by atoms with Crippen molar-refractivity contribution in [3.8, 4) is 5.75 Å². The molecule has 23 heavy (non-hydrogen) atoms. The summed E-state index contributed by atoms with van der Waals surface area (Å²) < 4.78 is 1.39. The van der Waals surface area contributed by atoms with Crippen LogP contribution in [0.4, 0.5) is 11.5 Å². The van der Waals surface area contributed by atoms with Crippen molar-refractivity contribution in [1.82, 2.24) is 9.38 Å². The van der Waals surface area contributed by atoms with Crippen LogP contribution in [0.25, 0.3) is 5.65 Å². The molecule has 0 spiro atoms. The molecule has 0 fully saturated rings. The number of imidazole rings is 1. The highest BCUT2D eigenvalue weighted by molar-refractivity contribution is 7.98. The second kappa shape index (κ2) is 6.09. The highest BCUT2D eigenvalue weighted by atomic mass is 32.2. The number of thioether (sulfide) groups is 1. The molecule has 0 bridgehead atoms. The minimum absolute atomic E-state index is 0.0537. The monoisotopic (exact) mass is 328 g/mol. The lowest BCUT2D eigenvalue weighted by Gasteiger charge is -1.99. The second-order valence-electron chi connectivity index (χ2n) is 4.58. The van der Waals surface area contributed by atoms with E-state index in [4.69, 9.17) is 0 Å². The second-order valence-corrected chi connectivity index (χ2v) is 5.46. The van der Waals surface area contributed by atoms with E-state index in [-0.39, 0.29) is 22.9 Å². The maximum atomic E-state index is 11.4. The van der Waals surface area contributed by atoms with Gasteiger partial charge in [0.15, 0.2) is 22.9 Å². The molecular formula is C15H12N4O3S. The van der Waals surface area contributed by atoms with Gasteiger partial charge in [0.05, 0.1) is 5.69 Å². The first-order valence-electron chi connectivity index (χ1n) is 6.59. The van der Waals surface area contributed by atoms with Crippen molar-refractivity contribution < 1.29 is 15.0 Å². The molecule has 2 heterocycles. The molecule has 0 aliphatic rings. The van der Waals surface area contributed by atoms with Gasteiger partial charge in [-0.1, -0.05) is 6.07 Å². The van der Waals surface area contributed by atoms with Crippen molar-refractivity contribution >= 4 is 34.9 Å². The number of fused-ring (bicyclic) bond motifs is 1. The van der Waals surface area contributed by atoms with Crippen LogP contribution in [0, 0.1) is 0 Å². The largest absolute Gasteiger partial charge is 0.504 e. The van der Waals surface area contributed by atoms with Crippen LogP contribution in [0.3, 0.4) is 0 Å². The smallest absolute Gasteiger partial charge is 0.358 e. The average Bonchev–Trinajstić information content (AvgIpc) is 2.93. The molecular weight excluding hydrogens is 316 g/mol. The Morgan fingerprint density at radius 3 is 2.83 bits per heavy atom. The first kappa shape index (κ1) is 15.0. The predicted octanol–water partition coefficient (Wildman–Crippen LogP) is 3.88. The number of carboxylic acids is 1. The summed E-state index contributed by atoms with van der Waals surface area (Å²) >= 11 is 1.57. The third-order valence-electron chi connectivity index (χ3n) is 3.12. The highest BCUT2D eigenvalue weighted by Gasteiger charge is 2.19. The lowest BCUT2D eigenvalue weighted by atomic mass is 10.3. The van der Waals surface area contributed by atoms with Crippen LogP contribution in [0.5, 0.6) is 5.75 Å². The number of hydrogen-bond donors (Lipinski definition) is 2. The summed E-state index contributed by atoms with van der Waals surface area (Å²) in [5.41, 5.74) is 0.455. The fourth-order valence-corrected chi connectivity index (χ4v) is 2.51. The van der Waals surface area contributed by atoms with Gasteiger partial charge in [-0.3, -0.25) is 4.40 Å². The molecule has 1 aromatic carbocycles. The van der Waals surface area contributed by atoms with E-state index >= 15 is 0 Å². The van der Waals surface area contributed by atoms with Crippen LogP contribution in [0.1, 0.15) is 10.5 Å². The number of carboxylic acid groups (broad SMARTS) is 1. The molecule has 0 unspecified atom stereocenters. The van der Waals surface area contributed by atoms with Gasteiger partial charge >= 0.3 is 5.97 Å². The maximum absolute atomic E-state index is 11.4. The highest BCUT2D eigenvalue weighted by Crippen LogP contribution is 2.29. The van der Waals surface area contributed by atoms with E-state index in [1.807, 2.05) is 24.5 Å². The number of benzene rings is 1. The number of carbonyl (C=O) groups is 1. The van der Waals surface area contributed by atoms with Gasteiger partial charge < -0.3 is 10.2 Å². The number of hydrogen-bond acceptors (Lipinski definition) is 6. The normalized spacial score (nSPS) is 11.3. The van der Waals surface area contributed by atoms with Crippen molar-refractivity contribution in [2.75, 3.05) is 6.26 Å². The topological polar surface area (TPSA) is 99.5 Å². The predicted molar refractivity (Wildman–Crippen MR) is 86.2 cm³/mol. The van der Waals surface area contributed by atoms with Crippen molar-refractivity contribution in [1.29, 1.82) is 0 Å². The summed E-state index contributed by atoms with van der Waals surface area (Å²) in [6, 6.07) is 10.4. The number of aromatic hydroxyl groups is 1. The van der Waals surface area contributed by atoms with Crippen LogP contribution in [0.15, 0.2) is 57.7 Å². The lowest BCUT2D eigenvalue weighted by Crippen LogP contribution is -1.96. The van der Waals surface area contributed by atoms with Crippen LogP contribution in [0.2, 0.25) is 0 Å². The third-order valence-corrected chi connectivity index (χ3v) is 3.85. The molecule has 8 heteroatoms. The van der Waals surface area contributed by atoms with E-state index < -0.39 is 5.97 Å². The van der Waals surface area contributed by atoms with E-state index in [2.05, 4.69) is 15.2 Å². The Balaban J connectivity index is 2.11. The Kier molecular flexibility index (Phi) is 3.98. The average molecular weight is 328 g/mol. The molecule has 0 amide bonds. The molecule has 116 valence electrons. The molecule has 3 rings (SSSR count). The van der Waals surface area contributed by atoms with E-state index in [9.17, 15) is 15.0 Å². The zero-order valence-electron chi connectivity index (χ0n) is 12.0. The van der Waals surface area contributed by atoms with Crippen molar-refractivity contribution in [3.63, 3.8) is 0 Å². The molecule has 7 nitrogen and oxygen atoms in total. The summed E-state index contributed by atoms with van der Waals surface area (Å²) in [4.78, 5) is 16.3. The van der Waals surface area contributed by atoms with E-state index in [0.29, 0.717) is 5.69 Å². The molecule has 0 saturated heterocycles. The minimum Gasteiger partial charge on any atom is -0.504 e. The Morgan fingerprint density at radius 2 is 2.09 bits per heavy atom. The lowest BCUT2D eigenvalue weighted by molar-refractivity contribution is 0.0692. The number of nitrogens with zero attached hydrogens (tertiary/aromatic N) is 4. The van der Waals surface area contributed by atoms with E-state index in [1.165, 1.54) is 10.5 Å². The Bertz CT molecular complexity index is 920. The Hall–Kier alpha value is -2.87. The fourth-order valence-electron chi connectivity index (χ4n) is 2.06. The molecule has 0 radical (unpaired) electrons. The quantitative estimate of drug-likeness (QED) is 0.559. The SMILES string of the molecule is CSc1cccc(N=Nc2c(C(=O)O)nc3c(O)cccn23)c1. The van der Waals surface area contributed by atoms with E-state index in [1.54, 1.807) is 30.1 Å². The molecule has 2 aromatic heterocycles. The van der Waals surface area contributed by atoms with Crippen LogP contribution >= 0.6 is 11.8 Å². The molecule has 0 aliphatic carbocycles. The first-order valence-corrected chi connectivity index (χ1v) is 7.82. The summed E-state index contributed by atoms with van der Waals surface area (Å²) in [5, 5.41) is 27.2. The van der Waals surface area contributed by atoms with Crippen molar-refractivity contribution in [2.45, 2.75) is 4.90 Å². The van der Waals surface area contributed by atoms with Gasteiger partial charge in [-0.2, -0.15) is 0 Å². The van der Waals surface area contributed by atoms with Crippen molar-refractivity contribution in [3.05, 3.63) is 48.3 Å². The molecule has 2 N–H and O–H groups in total. The zero-order valence-corrected chi connectivity index (χ0v) is 12.9. The molecule has 0 atom stereocenters. The molecule has 0 aliphatic heterocycles. The standard InChI is InChI=1S/C15H12N4O3S/c1-23-10-5-2-4-9(8-10)17-18-14-12(15(21)22)16-13-11(20)6-3-7-19(13)14/h2-8,20H,1H3,(H,21,22). The van der Waals surface area contributed by atoms with Crippen LogP contribution in [-0.4, -0.2) is 31.8 Å². The van der Waals surface area contributed by atoms with Crippen molar-refractivity contribution in [2.24, 2.45) is 10.2 Å².